The number of carbonyl (C=O) groups excluding carboxylic acids is 3. The maximum atomic E-state index is 11.9. The molecule has 2 aromatic rings. The lowest BCUT2D eigenvalue weighted by atomic mass is 10.2. The van der Waals surface area contributed by atoms with Gasteiger partial charge >= 0.3 is 5.97 Å². The lowest BCUT2D eigenvalue weighted by Gasteiger charge is -2.08. The molecule has 8 nitrogen and oxygen atoms in total. The van der Waals surface area contributed by atoms with Gasteiger partial charge in [-0.1, -0.05) is 18.2 Å². The molecule has 25 heavy (non-hydrogen) atoms. The van der Waals surface area contributed by atoms with Gasteiger partial charge < -0.3 is 14.2 Å². The number of rotatable bonds is 4. The summed E-state index contributed by atoms with van der Waals surface area (Å²) in [6.07, 6.45) is 0. The van der Waals surface area contributed by atoms with Crippen LogP contribution in [0.1, 0.15) is 20.7 Å². The Labute approximate surface area is 142 Å². The fourth-order valence-electron chi connectivity index (χ4n) is 2.06. The SMILES string of the molecule is O=C(COC(=O)c1ccc2c(c1)OCO2)NNC(=O)c1ccccc1. The summed E-state index contributed by atoms with van der Waals surface area (Å²) in [6, 6.07) is 12.9. The summed E-state index contributed by atoms with van der Waals surface area (Å²) in [5.74, 6) is -0.857. The molecule has 0 atom stereocenters. The Kier molecular flexibility index (Phi) is 4.79. The minimum absolute atomic E-state index is 0.0946. The van der Waals surface area contributed by atoms with Crippen molar-refractivity contribution in [2.45, 2.75) is 0 Å². The highest BCUT2D eigenvalue weighted by Crippen LogP contribution is 2.32. The van der Waals surface area contributed by atoms with Gasteiger partial charge in [0.05, 0.1) is 5.56 Å². The molecule has 0 bridgehead atoms. The number of hydrogen-bond donors (Lipinski definition) is 2. The largest absolute Gasteiger partial charge is 0.454 e. The standard InChI is InChI=1S/C17H14N2O6/c20-15(18-19-16(21)11-4-2-1-3-5-11)9-23-17(22)12-6-7-13-14(8-12)25-10-24-13/h1-8H,9-10H2,(H,18,20)(H,19,21). The molecule has 2 N–H and O–H groups in total. The maximum absolute atomic E-state index is 11.9. The summed E-state index contributed by atoms with van der Waals surface area (Å²) in [5.41, 5.74) is 5.02. The quantitative estimate of drug-likeness (QED) is 0.635. The molecule has 128 valence electrons. The summed E-state index contributed by atoms with van der Waals surface area (Å²) in [6.45, 7) is -0.445. The van der Waals surface area contributed by atoms with E-state index in [1.165, 1.54) is 12.1 Å². The molecule has 1 aliphatic heterocycles. The van der Waals surface area contributed by atoms with Gasteiger partial charge in [-0.05, 0) is 30.3 Å². The van der Waals surface area contributed by atoms with Crippen LogP contribution < -0.4 is 20.3 Å². The van der Waals surface area contributed by atoms with Gasteiger partial charge in [0.15, 0.2) is 18.1 Å². The topological polar surface area (TPSA) is 103 Å². The molecule has 8 heteroatoms. The van der Waals surface area contributed by atoms with E-state index in [0.29, 0.717) is 17.1 Å². The van der Waals surface area contributed by atoms with E-state index in [9.17, 15) is 14.4 Å². The number of carbonyl (C=O) groups is 3. The third-order valence-corrected chi connectivity index (χ3v) is 3.29. The first-order chi connectivity index (χ1) is 12.1. The normalized spacial score (nSPS) is 11.5. The van der Waals surface area contributed by atoms with E-state index in [1.807, 2.05) is 0 Å². The van der Waals surface area contributed by atoms with Crippen molar-refractivity contribution >= 4 is 17.8 Å². The van der Waals surface area contributed by atoms with Crippen LogP contribution in [0.4, 0.5) is 0 Å². The first-order valence-corrected chi connectivity index (χ1v) is 7.34. The van der Waals surface area contributed by atoms with E-state index in [4.69, 9.17) is 14.2 Å². The first kappa shape index (κ1) is 16.3. The highest BCUT2D eigenvalue weighted by atomic mass is 16.7. The number of hydrogen-bond acceptors (Lipinski definition) is 6. The Morgan fingerprint density at radius 3 is 2.48 bits per heavy atom. The fourth-order valence-corrected chi connectivity index (χ4v) is 2.06. The van der Waals surface area contributed by atoms with Crippen molar-refractivity contribution in [2.75, 3.05) is 13.4 Å². The van der Waals surface area contributed by atoms with Crippen LogP contribution in [0, 0.1) is 0 Å². The van der Waals surface area contributed by atoms with Crippen LogP contribution in [0.25, 0.3) is 0 Å². The second kappa shape index (κ2) is 7.35. The van der Waals surface area contributed by atoms with Gasteiger partial charge in [0, 0.05) is 5.56 Å². The van der Waals surface area contributed by atoms with E-state index >= 15 is 0 Å². The van der Waals surface area contributed by atoms with Crippen molar-refractivity contribution in [3.05, 3.63) is 59.7 Å². The Morgan fingerprint density at radius 1 is 0.920 bits per heavy atom. The molecule has 0 aromatic heterocycles. The van der Waals surface area contributed by atoms with Crippen molar-refractivity contribution in [3.63, 3.8) is 0 Å². The molecule has 0 radical (unpaired) electrons. The van der Waals surface area contributed by atoms with Crippen molar-refractivity contribution in [1.29, 1.82) is 0 Å². The van der Waals surface area contributed by atoms with Crippen LogP contribution in [0.15, 0.2) is 48.5 Å². The molecule has 0 saturated carbocycles. The Bertz CT molecular complexity index is 806. The van der Waals surface area contributed by atoms with Gasteiger partial charge in [0.2, 0.25) is 6.79 Å². The zero-order valence-electron chi connectivity index (χ0n) is 13.0. The van der Waals surface area contributed by atoms with Crippen LogP contribution in [0.5, 0.6) is 11.5 Å². The van der Waals surface area contributed by atoms with Gasteiger partial charge in [0.25, 0.3) is 11.8 Å². The number of nitrogens with one attached hydrogen (secondary N) is 2. The van der Waals surface area contributed by atoms with Crippen molar-refractivity contribution in [1.82, 2.24) is 10.9 Å². The van der Waals surface area contributed by atoms with Crippen molar-refractivity contribution < 1.29 is 28.6 Å². The van der Waals surface area contributed by atoms with E-state index in [1.54, 1.807) is 36.4 Å². The molecule has 0 unspecified atom stereocenters. The summed E-state index contributed by atoms with van der Waals surface area (Å²) in [5, 5.41) is 0. The van der Waals surface area contributed by atoms with Crippen LogP contribution in [0.2, 0.25) is 0 Å². The average Bonchev–Trinajstić information content (AvgIpc) is 3.12. The molecule has 0 spiro atoms. The van der Waals surface area contributed by atoms with Gasteiger partial charge in [0.1, 0.15) is 0 Å². The van der Waals surface area contributed by atoms with Gasteiger partial charge in [-0.15, -0.1) is 0 Å². The van der Waals surface area contributed by atoms with Crippen LogP contribution in [-0.2, 0) is 9.53 Å². The number of hydrazine groups is 1. The van der Waals surface area contributed by atoms with Crippen molar-refractivity contribution in [2.24, 2.45) is 0 Å². The predicted octanol–water partition coefficient (Wildman–Crippen LogP) is 1.03. The van der Waals surface area contributed by atoms with Gasteiger partial charge in [-0.3, -0.25) is 20.4 Å². The van der Waals surface area contributed by atoms with Crippen LogP contribution >= 0.6 is 0 Å². The first-order valence-electron chi connectivity index (χ1n) is 7.34. The second-order valence-electron chi connectivity index (χ2n) is 5.01. The number of ether oxygens (including phenoxy) is 3. The molecule has 2 amide bonds. The van der Waals surface area contributed by atoms with Gasteiger partial charge in [-0.25, -0.2) is 4.79 Å². The Balaban J connectivity index is 1.46. The minimum atomic E-state index is -0.692. The molecule has 2 aromatic carbocycles. The number of esters is 1. The monoisotopic (exact) mass is 342 g/mol. The molecule has 1 heterocycles. The summed E-state index contributed by atoms with van der Waals surface area (Å²) in [7, 11) is 0. The summed E-state index contributed by atoms with van der Waals surface area (Å²) >= 11 is 0. The highest BCUT2D eigenvalue weighted by Gasteiger charge is 2.17. The molecular formula is C17H14N2O6. The highest BCUT2D eigenvalue weighted by molar-refractivity contribution is 5.96. The van der Waals surface area contributed by atoms with Crippen molar-refractivity contribution in [3.8, 4) is 11.5 Å². The van der Waals surface area contributed by atoms with Crippen LogP contribution in [0.3, 0.4) is 0 Å². The number of benzene rings is 2. The average molecular weight is 342 g/mol. The summed E-state index contributed by atoms with van der Waals surface area (Å²) in [4.78, 5) is 35.3. The molecular weight excluding hydrogens is 328 g/mol. The molecule has 3 rings (SSSR count). The van der Waals surface area contributed by atoms with Gasteiger partial charge in [-0.2, -0.15) is 0 Å². The third-order valence-electron chi connectivity index (χ3n) is 3.29. The zero-order valence-corrected chi connectivity index (χ0v) is 13.0. The fraction of sp³-hybridized carbons (Fsp3) is 0.118. The number of fused-ring (bicyclic) bond motifs is 1. The molecule has 0 saturated heterocycles. The van der Waals surface area contributed by atoms with Crippen LogP contribution in [-0.4, -0.2) is 31.2 Å². The second-order valence-corrected chi connectivity index (χ2v) is 5.01. The molecule has 0 aliphatic carbocycles. The molecule has 1 aliphatic rings. The molecule has 0 fully saturated rings. The minimum Gasteiger partial charge on any atom is -0.454 e. The third kappa shape index (κ3) is 4.05. The Morgan fingerprint density at radius 2 is 1.68 bits per heavy atom. The number of amides is 2. The summed E-state index contributed by atoms with van der Waals surface area (Å²) < 4.78 is 15.2. The smallest absolute Gasteiger partial charge is 0.338 e. The van der Waals surface area contributed by atoms with E-state index in [2.05, 4.69) is 10.9 Å². The zero-order chi connectivity index (χ0) is 17.6. The Hall–Kier alpha value is -3.55. The van der Waals surface area contributed by atoms with E-state index in [0.717, 1.165) is 0 Å². The lowest BCUT2D eigenvalue weighted by Crippen LogP contribution is -2.43. The lowest BCUT2D eigenvalue weighted by molar-refractivity contribution is -0.125. The van der Waals surface area contributed by atoms with E-state index < -0.39 is 24.4 Å². The maximum Gasteiger partial charge on any atom is 0.338 e. The van der Waals surface area contributed by atoms with E-state index in [-0.39, 0.29) is 12.4 Å². The predicted molar refractivity (Wildman–Crippen MR) is 84.9 cm³/mol.